The predicted molar refractivity (Wildman–Crippen MR) is 113 cm³/mol. The summed E-state index contributed by atoms with van der Waals surface area (Å²) in [6, 6.07) is 0. The van der Waals surface area contributed by atoms with Gasteiger partial charge in [-0.25, -0.2) is 4.79 Å². The Morgan fingerprint density at radius 2 is 2.03 bits per heavy atom. The lowest BCUT2D eigenvalue weighted by molar-refractivity contribution is -0.182. The van der Waals surface area contributed by atoms with Crippen LogP contribution >= 0.6 is 0 Å². The molecule has 6 unspecified atom stereocenters. The highest BCUT2D eigenvalue weighted by molar-refractivity contribution is 6.90. The average Bonchev–Trinajstić information content (AvgIpc) is 3.39. The first kappa shape index (κ1) is 23.0. The summed E-state index contributed by atoms with van der Waals surface area (Å²) < 4.78 is 24.2. The van der Waals surface area contributed by atoms with Crippen LogP contribution in [-0.4, -0.2) is 82.1 Å². The second-order valence-corrected chi connectivity index (χ2v) is 9.87. The van der Waals surface area contributed by atoms with Gasteiger partial charge in [0.05, 0.1) is 31.6 Å². The summed E-state index contributed by atoms with van der Waals surface area (Å²) in [6.07, 6.45) is 1.54. The van der Waals surface area contributed by atoms with Crippen molar-refractivity contribution in [2.24, 2.45) is 17.8 Å². The number of methoxy groups -OCH3 is 1. The molecule has 0 bridgehead atoms. The van der Waals surface area contributed by atoms with Crippen LogP contribution in [0.4, 0.5) is 4.79 Å². The van der Waals surface area contributed by atoms with Crippen LogP contribution in [0.15, 0.2) is 0 Å². The first-order chi connectivity index (χ1) is 13.6. The first-order valence-electron chi connectivity index (χ1n) is 11.0. The lowest BCUT2D eigenvalue weighted by atomic mass is 9.47. The van der Waals surface area contributed by atoms with Crippen molar-refractivity contribution in [1.82, 2.24) is 4.90 Å². The van der Waals surface area contributed by atoms with Crippen molar-refractivity contribution in [3.05, 3.63) is 0 Å². The Balaban J connectivity index is 1.71. The van der Waals surface area contributed by atoms with E-state index in [9.17, 15) is 4.79 Å². The standard InChI is InChI=1S/C21H36B2NO5/c1-13(2)14(3)11-27-20(4,5)18-17(26-6)15(7-9-21(18)12-28-21)29-19(25)24-10-8-16(24)23-22/h13-18H,7-12H2,1-6H3. The van der Waals surface area contributed by atoms with Crippen LogP contribution in [0.2, 0.25) is 0 Å². The number of hydrogen-bond acceptors (Lipinski definition) is 5. The van der Waals surface area contributed by atoms with E-state index in [4.69, 9.17) is 26.7 Å². The zero-order chi connectivity index (χ0) is 21.4. The van der Waals surface area contributed by atoms with Crippen LogP contribution in [0, 0.1) is 17.8 Å². The van der Waals surface area contributed by atoms with Gasteiger partial charge in [-0.2, -0.15) is 0 Å². The third kappa shape index (κ3) is 4.64. The minimum absolute atomic E-state index is 0.0147. The highest BCUT2D eigenvalue weighted by atomic mass is 16.6. The van der Waals surface area contributed by atoms with E-state index < -0.39 is 5.60 Å². The van der Waals surface area contributed by atoms with Crippen LogP contribution in [0.1, 0.15) is 53.9 Å². The van der Waals surface area contributed by atoms with Crippen LogP contribution in [-0.2, 0) is 18.9 Å². The van der Waals surface area contributed by atoms with Gasteiger partial charge in [0.25, 0.3) is 0 Å². The Morgan fingerprint density at radius 3 is 2.52 bits per heavy atom. The second-order valence-electron chi connectivity index (χ2n) is 9.87. The van der Waals surface area contributed by atoms with Gasteiger partial charge in [0.15, 0.2) is 0 Å². The Hall–Kier alpha value is -0.720. The molecule has 1 spiro atoms. The highest BCUT2D eigenvalue weighted by Crippen LogP contribution is 2.53. The SMILES string of the molecule is [B][B]C1CCN1C(=O)OC1CCC2(CO2)C(C(C)(C)OCC(C)C(C)C)C1OC. The number of nitrogens with zero attached hydrogens (tertiary/aromatic N) is 1. The molecule has 0 N–H and O–H groups in total. The van der Waals surface area contributed by atoms with Crippen molar-refractivity contribution in [2.45, 2.75) is 83.2 Å². The second kappa shape index (κ2) is 8.80. The van der Waals surface area contributed by atoms with Gasteiger partial charge in [0, 0.05) is 27.3 Å². The summed E-state index contributed by atoms with van der Waals surface area (Å²) >= 11 is 0. The number of ether oxygens (including phenoxy) is 4. The number of epoxide rings is 1. The lowest BCUT2D eigenvalue weighted by Crippen LogP contribution is -2.60. The Kier molecular flexibility index (Phi) is 6.96. The van der Waals surface area contributed by atoms with Crippen LogP contribution in [0.5, 0.6) is 0 Å². The molecule has 3 rings (SSSR count). The molecular formula is C21H36B2NO5. The van der Waals surface area contributed by atoms with Crippen molar-refractivity contribution in [2.75, 3.05) is 26.9 Å². The number of amides is 1. The van der Waals surface area contributed by atoms with Gasteiger partial charge in [-0.3, -0.25) is 0 Å². The fourth-order valence-corrected chi connectivity index (χ4v) is 4.74. The Bertz CT molecular complexity index is 581. The third-order valence-corrected chi connectivity index (χ3v) is 7.28. The van der Waals surface area contributed by atoms with Crippen molar-refractivity contribution in [3.63, 3.8) is 0 Å². The van der Waals surface area contributed by atoms with Gasteiger partial charge in [-0.1, -0.05) is 20.8 Å². The molecule has 0 aromatic carbocycles. The van der Waals surface area contributed by atoms with E-state index in [-0.39, 0.29) is 35.8 Å². The fourth-order valence-electron chi connectivity index (χ4n) is 4.74. The molecule has 2 saturated heterocycles. The molecule has 6 atom stereocenters. The summed E-state index contributed by atoms with van der Waals surface area (Å²) in [5.74, 6) is 0.968. The van der Waals surface area contributed by atoms with Gasteiger partial charge >= 0.3 is 6.09 Å². The summed E-state index contributed by atoms with van der Waals surface area (Å²) in [7, 11) is 8.86. The molecule has 1 aliphatic carbocycles. The van der Waals surface area contributed by atoms with Gasteiger partial charge < -0.3 is 23.8 Å². The van der Waals surface area contributed by atoms with Crippen LogP contribution < -0.4 is 0 Å². The monoisotopic (exact) mass is 404 g/mol. The summed E-state index contributed by atoms with van der Waals surface area (Å²) in [5, 5.41) is 0. The average molecular weight is 404 g/mol. The normalized spacial score (nSPS) is 35.3. The molecule has 0 aromatic heterocycles. The van der Waals surface area contributed by atoms with Gasteiger partial charge in [-0.05, 0) is 50.9 Å². The van der Waals surface area contributed by atoms with E-state index in [2.05, 4.69) is 34.6 Å². The van der Waals surface area contributed by atoms with Crippen molar-refractivity contribution >= 4 is 21.0 Å². The zero-order valence-corrected chi connectivity index (χ0v) is 18.8. The molecule has 8 heteroatoms. The van der Waals surface area contributed by atoms with Crippen molar-refractivity contribution in [3.8, 4) is 0 Å². The van der Waals surface area contributed by atoms with Crippen LogP contribution in [0.25, 0.3) is 0 Å². The molecule has 1 amide bonds. The molecule has 1 saturated carbocycles. The largest absolute Gasteiger partial charge is 0.443 e. The van der Waals surface area contributed by atoms with Gasteiger partial charge in [0.2, 0.25) is 0 Å². The van der Waals surface area contributed by atoms with E-state index >= 15 is 0 Å². The van der Waals surface area contributed by atoms with Crippen molar-refractivity contribution in [1.29, 1.82) is 0 Å². The summed E-state index contributed by atoms with van der Waals surface area (Å²) in [4.78, 5) is 14.3. The molecule has 6 nitrogen and oxygen atoms in total. The fraction of sp³-hybridized carbons (Fsp3) is 0.952. The van der Waals surface area contributed by atoms with Crippen LogP contribution in [0.3, 0.4) is 0 Å². The molecule has 3 radical (unpaired) electrons. The quantitative estimate of drug-likeness (QED) is 0.460. The maximum atomic E-state index is 12.7. The number of hydrogen-bond donors (Lipinski definition) is 0. The highest BCUT2D eigenvalue weighted by Gasteiger charge is 2.64. The van der Waals surface area contributed by atoms with Crippen molar-refractivity contribution < 1.29 is 23.7 Å². The van der Waals surface area contributed by atoms with E-state index in [0.717, 1.165) is 19.3 Å². The summed E-state index contributed by atoms with van der Waals surface area (Å²) in [6.45, 7) is 12.9. The molecule has 161 valence electrons. The molecule has 2 aliphatic heterocycles. The smallest absolute Gasteiger partial charge is 0.409 e. The zero-order valence-electron chi connectivity index (χ0n) is 18.8. The minimum Gasteiger partial charge on any atom is -0.443 e. The number of likely N-dealkylation sites (tertiary alicyclic amines) is 1. The van der Waals surface area contributed by atoms with E-state index in [1.54, 1.807) is 19.2 Å². The Labute approximate surface area is 178 Å². The molecule has 3 aliphatic rings. The predicted octanol–water partition coefficient (Wildman–Crippen LogP) is 2.59. The van der Waals surface area contributed by atoms with E-state index in [1.165, 1.54) is 0 Å². The van der Waals surface area contributed by atoms with Gasteiger partial charge in [0.1, 0.15) is 12.2 Å². The van der Waals surface area contributed by atoms with E-state index in [1.807, 2.05) is 0 Å². The maximum Gasteiger partial charge on any atom is 0.409 e. The molecule has 29 heavy (non-hydrogen) atoms. The first-order valence-corrected chi connectivity index (χ1v) is 11.0. The topological polar surface area (TPSA) is 60.5 Å². The lowest BCUT2D eigenvalue weighted by Gasteiger charge is -2.49. The molecule has 2 heterocycles. The third-order valence-electron chi connectivity index (χ3n) is 7.28. The maximum absolute atomic E-state index is 12.7. The molecule has 3 fully saturated rings. The number of carbonyl (C=O) groups excluding carboxylic acids is 1. The minimum atomic E-state index is -0.463. The molecule has 0 aromatic rings. The number of rotatable bonds is 8. The van der Waals surface area contributed by atoms with Gasteiger partial charge in [-0.15, -0.1) is 0 Å². The van der Waals surface area contributed by atoms with E-state index in [0.29, 0.717) is 31.6 Å². The number of carbonyl (C=O) groups is 1. The Morgan fingerprint density at radius 1 is 1.34 bits per heavy atom. The summed E-state index contributed by atoms with van der Waals surface area (Å²) in [5.41, 5.74) is -0.700. The molecular weight excluding hydrogens is 368 g/mol.